The van der Waals surface area contributed by atoms with Crippen molar-refractivity contribution in [1.29, 1.82) is 0 Å². The van der Waals surface area contributed by atoms with E-state index in [1.54, 1.807) is 0 Å². The van der Waals surface area contributed by atoms with Crippen molar-refractivity contribution in [2.45, 2.75) is 57.4 Å². The van der Waals surface area contributed by atoms with Gasteiger partial charge < -0.3 is 15.2 Å². The molecular formula is C13H23N5OS. The largest absolute Gasteiger partial charge is 0.339 e. The van der Waals surface area contributed by atoms with E-state index in [2.05, 4.69) is 24.0 Å². The Hall–Kier alpha value is -1.08. The van der Waals surface area contributed by atoms with E-state index >= 15 is 0 Å². The normalized spacial score (nSPS) is 14.8. The van der Waals surface area contributed by atoms with Crippen molar-refractivity contribution in [3.8, 4) is 0 Å². The minimum atomic E-state index is 0.188. The Bertz CT molecular complexity index is 469. The number of nitrogens with zero attached hydrogens (tertiary/aromatic N) is 4. The summed E-state index contributed by atoms with van der Waals surface area (Å²) in [6.07, 6.45) is 2.29. The zero-order valence-electron chi connectivity index (χ0n) is 12.4. The van der Waals surface area contributed by atoms with Gasteiger partial charge in [0.15, 0.2) is 5.16 Å². The number of thioether (sulfide) groups is 1. The predicted molar refractivity (Wildman–Crippen MR) is 79.4 cm³/mol. The highest BCUT2D eigenvalue weighted by Gasteiger charge is 2.31. The quantitative estimate of drug-likeness (QED) is 0.770. The molecule has 1 saturated carbocycles. The van der Waals surface area contributed by atoms with Gasteiger partial charge in [-0.3, -0.25) is 4.79 Å². The molecule has 112 valence electrons. The Morgan fingerprint density at radius 1 is 1.50 bits per heavy atom. The minimum absolute atomic E-state index is 0.188. The lowest BCUT2D eigenvalue weighted by Crippen LogP contribution is -2.34. The SMILES string of the molecule is CCN(C(=O)CSc1nnc(CN)n1C(C)C)C1CC1. The molecule has 1 aromatic heterocycles. The van der Waals surface area contributed by atoms with E-state index in [0.717, 1.165) is 30.4 Å². The number of nitrogens with two attached hydrogens (primary N) is 1. The Kier molecular flexibility index (Phi) is 5.04. The molecule has 0 radical (unpaired) electrons. The molecule has 6 nitrogen and oxygen atoms in total. The van der Waals surface area contributed by atoms with Crippen LogP contribution in [0.1, 0.15) is 45.5 Å². The highest BCUT2D eigenvalue weighted by molar-refractivity contribution is 7.99. The maximum atomic E-state index is 12.2. The summed E-state index contributed by atoms with van der Waals surface area (Å²) in [5.74, 6) is 1.37. The maximum Gasteiger partial charge on any atom is 0.233 e. The van der Waals surface area contributed by atoms with Crippen molar-refractivity contribution in [3.63, 3.8) is 0 Å². The summed E-state index contributed by atoms with van der Waals surface area (Å²) in [4.78, 5) is 14.2. The molecule has 20 heavy (non-hydrogen) atoms. The van der Waals surface area contributed by atoms with Gasteiger partial charge >= 0.3 is 0 Å². The summed E-state index contributed by atoms with van der Waals surface area (Å²) in [5.41, 5.74) is 5.67. The van der Waals surface area contributed by atoms with Crippen LogP contribution in [0.2, 0.25) is 0 Å². The van der Waals surface area contributed by atoms with Gasteiger partial charge in [0.05, 0.1) is 12.3 Å². The summed E-state index contributed by atoms with van der Waals surface area (Å²) < 4.78 is 2.01. The fourth-order valence-electron chi connectivity index (χ4n) is 2.30. The van der Waals surface area contributed by atoms with E-state index in [1.807, 2.05) is 16.4 Å². The molecule has 0 aromatic carbocycles. The van der Waals surface area contributed by atoms with Crippen molar-refractivity contribution in [2.24, 2.45) is 5.73 Å². The van der Waals surface area contributed by atoms with Crippen LogP contribution in [0.5, 0.6) is 0 Å². The first-order valence-corrected chi connectivity index (χ1v) is 8.13. The number of carbonyl (C=O) groups excluding carboxylic acids is 1. The maximum absolute atomic E-state index is 12.2. The van der Waals surface area contributed by atoms with E-state index in [4.69, 9.17) is 5.73 Å². The number of aromatic nitrogens is 3. The predicted octanol–water partition coefficient (Wildman–Crippen LogP) is 1.42. The van der Waals surface area contributed by atoms with Gasteiger partial charge in [0.1, 0.15) is 5.82 Å². The van der Waals surface area contributed by atoms with Crippen LogP contribution in [0.4, 0.5) is 0 Å². The molecule has 7 heteroatoms. The summed E-state index contributed by atoms with van der Waals surface area (Å²) in [7, 11) is 0. The number of hydrogen-bond donors (Lipinski definition) is 1. The zero-order valence-corrected chi connectivity index (χ0v) is 13.2. The number of carbonyl (C=O) groups is 1. The van der Waals surface area contributed by atoms with E-state index in [0.29, 0.717) is 18.3 Å². The van der Waals surface area contributed by atoms with Gasteiger partial charge in [-0.15, -0.1) is 10.2 Å². The fraction of sp³-hybridized carbons (Fsp3) is 0.769. The monoisotopic (exact) mass is 297 g/mol. The first-order chi connectivity index (χ1) is 9.58. The first-order valence-electron chi connectivity index (χ1n) is 7.14. The van der Waals surface area contributed by atoms with Crippen LogP contribution in [0, 0.1) is 0 Å². The number of hydrogen-bond acceptors (Lipinski definition) is 5. The topological polar surface area (TPSA) is 77.0 Å². The molecule has 0 unspecified atom stereocenters. The van der Waals surface area contributed by atoms with Gasteiger partial charge in [0.25, 0.3) is 0 Å². The van der Waals surface area contributed by atoms with Crippen molar-refractivity contribution in [3.05, 3.63) is 5.82 Å². The lowest BCUT2D eigenvalue weighted by atomic mass is 10.4. The third-order valence-electron chi connectivity index (χ3n) is 3.41. The van der Waals surface area contributed by atoms with E-state index < -0.39 is 0 Å². The van der Waals surface area contributed by atoms with E-state index in [9.17, 15) is 4.79 Å². The number of amides is 1. The lowest BCUT2D eigenvalue weighted by molar-refractivity contribution is -0.128. The van der Waals surface area contributed by atoms with Crippen molar-refractivity contribution in [2.75, 3.05) is 12.3 Å². The highest BCUT2D eigenvalue weighted by atomic mass is 32.2. The third kappa shape index (κ3) is 3.32. The second kappa shape index (κ2) is 6.58. The van der Waals surface area contributed by atoms with E-state index in [-0.39, 0.29) is 11.9 Å². The summed E-state index contributed by atoms with van der Waals surface area (Å²) in [5, 5.41) is 9.02. The standard InChI is InChI=1S/C13H23N5OS/c1-4-17(10-5-6-10)12(19)8-20-13-16-15-11(7-14)18(13)9(2)3/h9-10H,4-8,14H2,1-3H3. The van der Waals surface area contributed by atoms with Crippen LogP contribution < -0.4 is 5.73 Å². The molecule has 0 atom stereocenters. The van der Waals surface area contributed by atoms with Gasteiger partial charge in [-0.25, -0.2) is 0 Å². The van der Waals surface area contributed by atoms with Gasteiger partial charge in [-0.2, -0.15) is 0 Å². The molecule has 0 saturated heterocycles. The average molecular weight is 297 g/mol. The van der Waals surface area contributed by atoms with Crippen LogP contribution in [-0.2, 0) is 11.3 Å². The lowest BCUT2D eigenvalue weighted by Gasteiger charge is -2.20. The summed E-state index contributed by atoms with van der Waals surface area (Å²) >= 11 is 1.45. The molecule has 1 aliphatic rings. The molecule has 0 bridgehead atoms. The zero-order chi connectivity index (χ0) is 14.7. The van der Waals surface area contributed by atoms with Gasteiger partial charge in [-0.1, -0.05) is 11.8 Å². The molecule has 1 heterocycles. The van der Waals surface area contributed by atoms with Crippen LogP contribution in [-0.4, -0.2) is 43.9 Å². The molecule has 2 rings (SSSR count). The summed E-state index contributed by atoms with van der Waals surface area (Å²) in [6, 6.07) is 0.711. The Balaban J connectivity index is 1.99. The molecule has 1 aromatic rings. The third-order valence-corrected chi connectivity index (χ3v) is 4.34. The Labute approximate surface area is 124 Å². The van der Waals surface area contributed by atoms with Crippen molar-refractivity contribution >= 4 is 17.7 Å². The second-order valence-electron chi connectivity index (χ2n) is 5.27. The van der Waals surface area contributed by atoms with Crippen LogP contribution in [0.15, 0.2) is 5.16 Å². The van der Waals surface area contributed by atoms with Crippen LogP contribution >= 0.6 is 11.8 Å². The van der Waals surface area contributed by atoms with Crippen molar-refractivity contribution < 1.29 is 4.79 Å². The average Bonchev–Trinajstić information content (AvgIpc) is 3.15. The Morgan fingerprint density at radius 3 is 2.70 bits per heavy atom. The fourth-order valence-corrected chi connectivity index (χ4v) is 3.27. The second-order valence-corrected chi connectivity index (χ2v) is 6.21. The summed E-state index contributed by atoms with van der Waals surface area (Å²) in [6.45, 7) is 7.32. The van der Waals surface area contributed by atoms with Crippen molar-refractivity contribution in [1.82, 2.24) is 19.7 Å². The van der Waals surface area contributed by atoms with Gasteiger partial charge in [-0.05, 0) is 33.6 Å². The molecule has 1 amide bonds. The van der Waals surface area contributed by atoms with Gasteiger partial charge in [0, 0.05) is 18.6 Å². The molecular weight excluding hydrogens is 274 g/mol. The molecule has 1 aliphatic carbocycles. The molecule has 0 aliphatic heterocycles. The Morgan fingerprint density at radius 2 is 2.20 bits per heavy atom. The number of rotatable bonds is 7. The van der Waals surface area contributed by atoms with E-state index in [1.165, 1.54) is 11.8 Å². The minimum Gasteiger partial charge on any atom is -0.339 e. The molecule has 1 fully saturated rings. The van der Waals surface area contributed by atoms with Gasteiger partial charge in [0.2, 0.25) is 5.91 Å². The molecule has 0 spiro atoms. The first kappa shape index (κ1) is 15.3. The smallest absolute Gasteiger partial charge is 0.233 e. The van der Waals surface area contributed by atoms with Crippen LogP contribution in [0.25, 0.3) is 0 Å². The molecule has 2 N–H and O–H groups in total. The van der Waals surface area contributed by atoms with Crippen LogP contribution in [0.3, 0.4) is 0 Å². The highest BCUT2D eigenvalue weighted by Crippen LogP contribution is 2.28.